The van der Waals surface area contributed by atoms with Gasteiger partial charge >= 0.3 is 0 Å². The maximum Gasteiger partial charge on any atom is 0.228 e. The second-order valence-corrected chi connectivity index (χ2v) is 4.57. The van der Waals surface area contributed by atoms with Gasteiger partial charge < -0.3 is 15.2 Å². The summed E-state index contributed by atoms with van der Waals surface area (Å²) in [6, 6.07) is 5.28. The number of hydrogen-bond acceptors (Lipinski definition) is 4. The second kappa shape index (κ2) is 7.63. The molecule has 0 spiro atoms. The standard InChI is InChI=1S/C15H18N2O3/c18-9-2-1-5-12-6-3-8-14(16-12)17-15(19)11-13-7-4-10-20-13/h3,6,8,13,18H,2,4,7,9-11H2,(H,16,17,19). The molecule has 1 amide bonds. The molecule has 2 rings (SSSR count). The Bertz CT molecular complexity index is 513. The highest BCUT2D eigenvalue weighted by Gasteiger charge is 2.19. The molecule has 1 saturated heterocycles. The second-order valence-electron chi connectivity index (χ2n) is 4.57. The maximum atomic E-state index is 11.8. The Morgan fingerprint density at radius 1 is 1.55 bits per heavy atom. The van der Waals surface area contributed by atoms with Crippen molar-refractivity contribution in [2.24, 2.45) is 0 Å². The van der Waals surface area contributed by atoms with Gasteiger partial charge in [-0.15, -0.1) is 0 Å². The molecule has 0 bridgehead atoms. The number of aliphatic hydroxyl groups is 1. The highest BCUT2D eigenvalue weighted by molar-refractivity contribution is 5.90. The first-order chi connectivity index (χ1) is 9.78. The number of ether oxygens (including phenoxy) is 1. The average Bonchev–Trinajstić information content (AvgIpc) is 2.92. The van der Waals surface area contributed by atoms with Crippen LogP contribution in [0.2, 0.25) is 0 Å². The first-order valence-corrected chi connectivity index (χ1v) is 6.76. The summed E-state index contributed by atoms with van der Waals surface area (Å²) in [6.45, 7) is 0.775. The van der Waals surface area contributed by atoms with Gasteiger partial charge in [-0.05, 0) is 30.9 Å². The van der Waals surface area contributed by atoms with Crippen molar-refractivity contribution in [2.45, 2.75) is 31.8 Å². The van der Waals surface area contributed by atoms with E-state index in [1.165, 1.54) is 0 Å². The summed E-state index contributed by atoms with van der Waals surface area (Å²) >= 11 is 0. The third-order valence-corrected chi connectivity index (χ3v) is 2.91. The molecule has 106 valence electrons. The van der Waals surface area contributed by atoms with Crippen molar-refractivity contribution >= 4 is 11.7 Å². The Hall–Kier alpha value is -1.90. The third-order valence-electron chi connectivity index (χ3n) is 2.91. The maximum absolute atomic E-state index is 11.8. The van der Waals surface area contributed by atoms with Crippen molar-refractivity contribution in [3.8, 4) is 11.8 Å². The molecule has 1 aromatic heterocycles. The Kier molecular flexibility index (Phi) is 5.54. The average molecular weight is 274 g/mol. The van der Waals surface area contributed by atoms with Gasteiger partial charge in [-0.1, -0.05) is 12.0 Å². The first kappa shape index (κ1) is 14.5. The largest absolute Gasteiger partial charge is 0.395 e. The number of anilines is 1. The van der Waals surface area contributed by atoms with Crippen molar-refractivity contribution in [2.75, 3.05) is 18.5 Å². The lowest BCUT2D eigenvalue weighted by atomic mass is 10.2. The minimum Gasteiger partial charge on any atom is -0.395 e. The number of aromatic nitrogens is 1. The number of nitrogens with zero attached hydrogens (tertiary/aromatic N) is 1. The molecule has 5 nitrogen and oxygen atoms in total. The fourth-order valence-electron chi connectivity index (χ4n) is 1.99. The number of hydrogen-bond donors (Lipinski definition) is 2. The van der Waals surface area contributed by atoms with Crippen LogP contribution >= 0.6 is 0 Å². The van der Waals surface area contributed by atoms with Gasteiger partial charge in [0.05, 0.1) is 19.1 Å². The van der Waals surface area contributed by atoms with Crippen molar-refractivity contribution < 1.29 is 14.6 Å². The van der Waals surface area contributed by atoms with Crippen LogP contribution < -0.4 is 5.32 Å². The number of carbonyl (C=O) groups excluding carboxylic acids is 1. The molecular weight excluding hydrogens is 256 g/mol. The molecule has 2 heterocycles. The summed E-state index contributed by atoms with van der Waals surface area (Å²) in [7, 11) is 0. The molecule has 0 saturated carbocycles. The molecular formula is C15H18N2O3. The quantitative estimate of drug-likeness (QED) is 0.812. The Morgan fingerprint density at radius 2 is 2.45 bits per heavy atom. The highest BCUT2D eigenvalue weighted by atomic mass is 16.5. The molecule has 1 aliphatic rings. The summed E-state index contributed by atoms with van der Waals surface area (Å²) in [5.74, 6) is 6.03. The molecule has 1 unspecified atom stereocenters. The fourth-order valence-corrected chi connectivity index (χ4v) is 1.99. The number of nitrogens with one attached hydrogen (secondary N) is 1. The first-order valence-electron chi connectivity index (χ1n) is 6.76. The number of rotatable bonds is 4. The van der Waals surface area contributed by atoms with E-state index in [1.54, 1.807) is 18.2 Å². The van der Waals surface area contributed by atoms with Gasteiger partial charge in [0.25, 0.3) is 0 Å². The number of aliphatic hydroxyl groups excluding tert-OH is 1. The van der Waals surface area contributed by atoms with Gasteiger partial charge in [-0.2, -0.15) is 0 Å². The van der Waals surface area contributed by atoms with Crippen LogP contribution in [0.25, 0.3) is 0 Å². The van der Waals surface area contributed by atoms with E-state index in [0.717, 1.165) is 19.4 Å². The van der Waals surface area contributed by atoms with E-state index >= 15 is 0 Å². The topological polar surface area (TPSA) is 71.5 Å². The van der Waals surface area contributed by atoms with Crippen LogP contribution in [0, 0.1) is 11.8 Å². The van der Waals surface area contributed by atoms with Crippen molar-refractivity contribution in [3.63, 3.8) is 0 Å². The summed E-state index contributed by atoms with van der Waals surface area (Å²) < 4.78 is 5.42. The molecule has 5 heteroatoms. The SMILES string of the molecule is O=C(CC1CCCO1)Nc1cccc(C#CCCO)n1. The summed E-state index contributed by atoms with van der Waals surface area (Å²) in [6.07, 6.45) is 2.77. The minimum absolute atomic E-state index is 0.0301. The minimum atomic E-state index is -0.0927. The third kappa shape index (κ3) is 4.65. The van der Waals surface area contributed by atoms with Crippen LogP contribution in [0.1, 0.15) is 31.4 Å². The van der Waals surface area contributed by atoms with Gasteiger partial charge in [0.1, 0.15) is 11.5 Å². The zero-order valence-electron chi connectivity index (χ0n) is 11.3. The molecule has 0 radical (unpaired) electrons. The van der Waals surface area contributed by atoms with Crippen LogP contribution in [0.3, 0.4) is 0 Å². The monoisotopic (exact) mass is 274 g/mol. The van der Waals surface area contributed by atoms with Crippen molar-refractivity contribution in [1.82, 2.24) is 4.98 Å². The molecule has 2 N–H and O–H groups in total. The molecule has 0 aliphatic carbocycles. The Morgan fingerprint density at radius 3 is 3.20 bits per heavy atom. The highest BCUT2D eigenvalue weighted by Crippen LogP contribution is 2.16. The fraction of sp³-hybridized carbons (Fsp3) is 0.467. The van der Waals surface area contributed by atoms with E-state index in [0.29, 0.717) is 24.4 Å². The number of pyridine rings is 1. The summed E-state index contributed by atoms with van der Waals surface area (Å²) in [5.41, 5.74) is 0.577. The molecule has 1 atom stereocenters. The zero-order chi connectivity index (χ0) is 14.2. The smallest absolute Gasteiger partial charge is 0.228 e. The zero-order valence-corrected chi connectivity index (χ0v) is 11.3. The van der Waals surface area contributed by atoms with E-state index in [-0.39, 0.29) is 18.6 Å². The lowest BCUT2D eigenvalue weighted by Gasteiger charge is -2.09. The summed E-state index contributed by atoms with van der Waals surface area (Å²) in [4.78, 5) is 16.1. The van der Waals surface area contributed by atoms with Crippen LogP contribution in [-0.2, 0) is 9.53 Å². The molecule has 0 aromatic carbocycles. The van der Waals surface area contributed by atoms with Crippen LogP contribution in [0.4, 0.5) is 5.82 Å². The predicted octanol–water partition coefficient (Wildman–Crippen LogP) is 1.32. The van der Waals surface area contributed by atoms with Crippen molar-refractivity contribution in [3.05, 3.63) is 23.9 Å². The van der Waals surface area contributed by atoms with Gasteiger partial charge in [-0.3, -0.25) is 4.79 Å². The van der Waals surface area contributed by atoms with Gasteiger partial charge in [0, 0.05) is 13.0 Å². The van der Waals surface area contributed by atoms with E-state index in [9.17, 15) is 4.79 Å². The predicted molar refractivity (Wildman–Crippen MR) is 75.0 cm³/mol. The lowest BCUT2D eigenvalue weighted by Crippen LogP contribution is -2.19. The van der Waals surface area contributed by atoms with E-state index in [4.69, 9.17) is 9.84 Å². The number of carbonyl (C=O) groups is 1. The number of amides is 1. The van der Waals surface area contributed by atoms with Gasteiger partial charge in [-0.25, -0.2) is 4.98 Å². The van der Waals surface area contributed by atoms with Gasteiger partial charge in [0.2, 0.25) is 5.91 Å². The normalized spacial score (nSPS) is 17.4. The van der Waals surface area contributed by atoms with E-state index in [1.807, 2.05) is 0 Å². The van der Waals surface area contributed by atoms with Crippen LogP contribution in [0.5, 0.6) is 0 Å². The molecule has 1 aliphatic heterocycles. The van der Waals surface area contributed by atoms with E-state index in [2.05, 4.69) is 22.1 Å². The van der Waals surface area contributed by atoms with Crippen LogP contribution in [0.15, 0.2) is 18.2 Å². The molecule has 20 heavy (non-hydrogen) atoms. The van der Waals surface area contributed by atoms with Crippen molar-refractivity contribution in [1.29, 1.82) is 0 Å². The Balaban J connectivity index is 1.90. The molecule has 1 aromatic rings. The Labute approximate surface area is 118 Å². The van der Waals surface area contributed by atoms with E-state index < -0.39 is 0 Å². The molecule has 1 fully saturated rings. The van der Waals surface area contributed by atoms with Crippen LogP contribution in [-0.4, -0.2) is 35.3 Å². The van der Waals surface area contributed by atoms with Gasteiger partial charge in [0.15, 0.2) is 0 Å². The lowest BCUT2D eigenvalue weighted by molar-refractivity contribution is -0.118. The summed E-state index contributed by atoms with van der Waals surface area (Å²) in [5, 5.41) is 11.4.